The van der Waals surface area contributed by atoms with Gasteiger partial charge in [0.2, 0.25) is 0 Å². The van der Waals surface area contributed by atoms with Gasteiger partial charge in [0.15, 0.2) is 0 Å². The maximum atomic E-state index is 2.54. The summed E-state index contributed by atoms with van der Waals surface area (Å²) in [7, 11) is 0. The van der Waals surface area contributed by atoms with E-state index < -0.39 is 0 Å². The van der Waals surface area contributed by atoms with Crippen LogP contribution in [0.25, 0.3) is 36.7 Å². The van der Waals surface area contributed by atoms with Gasteiger partial charge in [-0.2, -0.15) is 0 Å². The molecule has 1 fully saturated rings. The Morgan fingerprint density at radius 3 is 1.95 bits per heavy atom. The minimum absolute atomic E-state index is 0. The number of halogens is 2. The maximum absolute atomic E-state index is 2.54. The van der Waals surface area contributed by atoms with Gasteiger partial charge in [-0.1, -0.05) is 0 Å². The molecule has 0 saturated heterocycles. The molecule has 0 spiro atoms. The molecule has 0 bridgehead atoms. The third kappa shape index (κ3) is 4.99. The van der Waals surface area contributed by atoms with Crippen molar-refractivity contribution in [3.63, 3.8) is 0 Å². The molecule has 3 heteroatoms. The van der Waals surface area contributed by atoms with Crippen LogP contribution in [0.3, 0.4) is 0 Å². The van der Waals surface area contributed by atoms with E-state index in [0.717, 1.165) is 6.42 Å². The van der Waals surface area contributed by atoms with E-state index >= 15 is 0 Å². The zero-order valence-electron chi connectivity index (χ0n) is 21.8. The molecule has 1 saturated carbocycles. The Bertz CT molecular complexity index is 1810. The number of allylic oxidation sites excluding steroid dienone is 4. The summed E-state index contributed by atoms with van der Waals surface area (Å²) in [5.74, 6) is 0. The molecule has 0 heterocycles. The van der Waals surface area contributed by atoms with Gasteiger partial charge in [-0.3, -0.25) is 0 Å². The van der Waals surface area contributed by atoms with E-state index in [-0.39, 0.29) is 24.8 Å². The number of benzene rings is 4. The first kappa shape index (κ1) is 28.1. The monoisotopic (exact) mass is 621 g/mol. The summed E-state index contributed by atoms with van der Waals surface area (Å²) in [6.07, 6.45) is 14.4. The molecule has 0 N–H and O–H groups in total. The van der Waals surface area contributed by atoms with Crippen molar-refractivity contribution in [2.75, 3.05) is 0 Å². The van der Waals surface area contributed by atoms with Crippen molar-refractivity contribution in [3.05, 3.63) is 135 Å². The Hall–Kier alpha value is -2.44. The molecule has 39 heavy (non-hydrogen) atoms. The van der Waals surface area contributed by atoms with E-state index in [2.05, 4.69) is 103 Å². The molecule has 0 nitrogen and oxygen atoms in total. The Morgan fingerprint density at radius 1 is 0.590 bits per heavy atom. The van der Waals surface area contributed by atoms with E-state index in [9.17, 15) is 0 Å². The number of rotatable bonds is 3. The van der Waals surface area contributed by atoms with E-state index in [1.165, 1.54) is 120 Å². The Kier molecular flexibility index (Phi) is 8.63. The van der Waals surface area contributed by atoms with Crippen LogP contribution in [0, 0.1) is 10.4 Å². The van der Waals surface area contributed by atoms with Gasteiger partial charge in [-0.25, -0.2) is 0 Å². The molecule has 0 aliphatic heterocycles. The average Bonchev–Trinajstić information content (AvgIpc) is 3.60. The molecule has 0 unspecified atom stereocenters. The summed E-state index contributed by atoms with van der Waals surface area (Å²) in [5.41, 5.74) is 11.5. The molecule has 191 valence electrons. The SMILES string of the molecule is [Cl-].[Cl-].[Zr+2][C]1=c2ccc(-c3ccccc3)cc2=c2cc(-c3ccccc3)c(=C3CCCCC3)c(C3=CC=CC3)c21. The summed E-state index contributed by atoms with van der Waals surface area (Å²) >= 11 is 1.49. The molecule has 0 amide bonds. The Labute approximate surface area is 258 Å². The van der Waals surface area contributed by atoms with Crippen molar-refractivity contribution < 1.29 is 49.5 Å². The van der Waals surface area contributed by atoms with Crippen LogP contribution < -0.4 is 35.3 Å². The molecule has 0 radical (unpaired) electrons. The third-order valence-electron chi connectivity index (χ3n) is 8.25. The van der Waals surface area contributed by atoms with Gasteiger partial charge in [-0.15, -0.1) is 0 Å². The van der Waals surface area contributed by atoms with Crippen molar-refractivity contribution in [2.45, 2.75) is 38.5 Å². The first-order chi connectivity index (χ1) is 18.3. The summed E-state index contributed by atoms with van der Waals surface area (Å²) in [6.45, 7) is 0. The van der Waals surface area contributed by atoms with Gasteiger partial charge in [0.25, 0.3) is 0 Å². The zero-order chi connectivity index (χ0) is 24.8. The quantitative estimate of drug-likeness (QED) is 0.327. The topological polar surface area (TPSA) is 0 Å². The number of fused-ring (bicyclic) bond motifs is 2. The van der Waals surface area contributed by atoms with Crippen LogP contribution in [0.1, 0.15) is 49.7 Å². The molecular formula is C36H29Cl2Zr. The predicted molar refractivity (Wildman–Crippen MR) is 151 cm³/mol. The molecule has 4 aromatic carbocycles. The first-order valence-electron chi connectivity index (χ1n) is 13.6. The fraction of sp³-hybridized carbons (Fsp3) is 0.167. The minimum atomic E-state index is 0. The van der Waals surface area contributed by atoms with Crippen LogP contribution in [-0.4, -0.2) is 0 Å². The fourth-order valence-corrected chi connectivity index (χ4v) is 7.65. The molecule has 0 aromatic heterocycles. The van der Waals surface area contributed by atoms with Crippen molar-refractivity contribution >= 4 is 14.4 Å². The van der Waals surface area contributed by atoms with Gasteiger partial charge in [0.05, 0.1) is 0 Å². The second-order valence-corrected chi connectivity index (χ2v) is 11.7. The molecule has 7 rings (SSSR count). The normalized spacial score (nSPS) is 15.3. The third-order valence-corrected chi connectivity index (χ3v) is 9.53. The second kappa shape index (κ2) is 12.0. The predicted octanol–water partition coefficient (Wildman–Crippen LogP) is 1.79. The Balaban J connectivity index is 0.00000154. The van der Waals surface area contributed by atoms with Crippen molar-refractivity contribution in [2.24, 2.45) is 0 Å². The van der Waals surface area contributed by atoms with Crippen molar-refractivity contribution in [1.82, 2.24) is 0 Å². The van der Waals surface area contributed by atoms with E-state index in [4.69, 9.17) is 0 Å². The van der Waals surface area contributed by atoms with Gasteiger partial charge in [0.1, 0.15) is 0 Å². The van der Waals surface area contributed by atoms with Gasteiger partial charge in [-0.05, 0) is 0 Å². The fourth-order valence-electron chi connectivity index (χ4n) is 6.48. The molecule has 4 aromatic rings. The summed E-state index contributed by atoms with van der Waals surface area (Å²) in [5, 5.41) is 5.77. The van der Waals surface area contributed by atoms with Crippen LogP contribution in [0.2, 0.25) is 0 Å². The molecule has 3 aliphatic rings. The van der Waals surface area contributed by atoms with Gasteiger partial charge >= 0.3 is 235 Å². The van der Waals surface area contributed by atoms with Crippen LogP contribution in [0.15, 0.2) is 103 Å². The molecular weight excluding hydrogens is 595 g/mol. The van der Waals surface area contributed by atoms with Crippen molar-refractivity contribution in [3.8, 4) is 22.3 Å². The summed E-state index contributed by atoms with van der Waals surface area (Å²) < 4.78 is 1.51. The van der Waals surface area contributed by atoms with E-state index in [1.54, 1.807) is 5.57 Å². The van der Waals surface area contributed by atoms with Gasteiger partial charge in [0, 0.05) is 0 Å². The summed E-state index contributed by atoms with van der Waals surface area (Å²) in [6, 6.07) is 31.6. The number of hydrogen-bond donors (Lipinski definition) is 0. The van der Waals surface area contributed by atoms with Crippen molar-refractivity contribution in [1.29, 1.82) is 0 Å². The van der Waals surface area contributed by atoms with Crippen LogP contribution >= 0.6 is 0 Å². The molecule has 0 atom stereocenters. The van der Waals surface area contributed by atoms with Gasteiger partial charge < -0.3 is 24.8 Å². The number of hydrogen-bond acceptors (Lipinski definition) is 0. The molecule has 3 aliphatic carbocycles. The zero-order valence-corrected chi connectivity index (χ0v) is 25.8. The second-order valence-electron chi connectivity index (χ2n) is 10.5. The first-order valence-corrected chi connectivity index (χ1v) is 14.8. The average molecular weight is 624 g/mol. The van der Waals surface area contributed by atoms with E-state index in [1.807, 2.05) is 0 Å². The van der Waals surface area contributed by atoms with E-state index in [0.29, 0.717) is 0 Å². The standard InChI is InChI=1S/C36H29.2ClH.Zr/c1-4-12-25(13-5-1)29-20-21-30-23-34-33(31(30)22-29)24-32(26-14-6-2-7-15-26)35(27-16-8-3-9-17-27)36(34)28-18-10-11-19-28;;;/h1-2,4-7,10-15,18,20-22,24H,3,8-9,16-17,19H2;2*1H;/q;;;+2/p-2. The van der Waals surface area contributed by atoms with Crippen LogP contribution in [-0.2, 0) is 24.7 Å². The van der Waals surface area contributed by atoms with Crippen LogP contribution in [0.4, 0.5) is 0 Å². The Morgan fingerprint density at radius 2 is 1.28 bits per heavy atom. The summed E-state index contributed by atoms with van der Waals surface area (Å²) in [4.78, 5) is 0. The van der Waals surface area contributed by atoms with Crippen LogP contribution in [0.5, 0.6) is 0 Å².